The van der Waals surface area contributed by atoms with E-state index < -0.39 is 15.9 Å². The van der Waals surface area contributed by atoms with E-state index in [2.05, 4.69) is 31.2 Å². The van der Waals surface area contributed by atoms with Crippen molar-refractivity contribution in [2.75, 3.05) is 18.4 Å². The van der Waals surface area contributed by atoms with E-state index >= 15 is 0 Å². The lowest BCUT2D eigenvalue weighted by molar-refractivity contribution is 0.102. The third kappa shape index (κ3) is 4.75. The van der Waals surface area contributed by atoms with Crippen molar-refractivity contribution in [3.05, 3.63) is 71.0 Å². The fourth-order valence-electron chi connectivity index (χ4n) is 2.88. The van der Waals surface area contributed by atoms with Crippen molar-refractivity contribution in [3.8, 4) is 11.4 Å². The lowest BCUT2D eigenvalue weighted by Crippen LogP contribution is -2.30. The first-order valence-corrected chi connectivity index (χ1v) is 11.6. The van der Waals surface area contributed by atoms with Gasteiger partial charge in [-0.15, -0.1) is 0 Å². The summed E-state index contributed by atoms with van der Waals surface area (Å²) < 4.78 is 27.4. The van der Waals surface area contributed by atoms with Gasteiger partial charge < -0.3 is 5.32 Å². The van der Waals surface area contributed by atoms with Gasteiger partial charge in [-0.3, -0.25) is 4.79 Å². The van der Waals surface area contributed by atoms with Gasteiger partial charge >= 0.3 is 0 Å². The maximum Gasteiger partial charge on any atom is 0.256 e. The van der Waals surface area contributed by atoms with E-state index in [-0.39, 0.29) is 10.5 Å². The minimum absolute atomic E-state index is 0.0650. The average molecular weight is 489 g/mol. The second-order valence-corrected chi connectivity index (χ2v) is 9.14. The van der Waals surface area contributed by atoms with Crippen LogP contribution < -0.4 is 5.32 Å². The van der Waals surface area contributed by atoms with Crippen LogP contribution in [-0.4, -0.2) is 41.7 Å². The van der Waals surface area contributed by atoms with Gasteiger partial charge in [0.25, 0.3) is 5.91 Å². The Morgan fingerprint density at radius 1 is 1.03 bits per heavy atom. The molecule has 0 aliphatic rings. The van der Waals surface area contributed by atoms with E-state index in [1.165, 1.54) is 28.8 Å². The number of hydrogen-bond acceptors (Lipinski definition) is 5. The highest BCUT2D eigenvalue weighted by Crippen LogP contribution is 2.24. The number of rotatable bonds is 7. The molecule has 0 aliphatic heterocycles. The Morgan fingerprint density at radius 3 is 2.27 bits per heavy atom. The summed E-state index contributed by atoms with van der Waals surface area (Å²) in [7, 11) is -3.68. The van der Waals surface area contributed by atoms with Gasteiger partial charge in [0.05, 0.1) is 28.5 Å². The van der Waals surface area contributed by atoms with Crippen molar-refractivity contribution in [1.29, 1.82) is 0 Å². The number of amides is 1. The van der Waals surface area contributed by atoms with E-state index in [1.54, 1.807) is 19.9 Å². The summed E-state index contributed by atoms with van der Waals surface area (Å²) in [4.78, 5) is 21.4. The molecule has 3 rings (SSSR count). The lowest BCUT2D eigenvalue weighted by Gasteiger charge is -2.19. The number of anilines is 1. The topological polar surface area (TPSA) is 92.3 Å². The van der Waals surface area contributed by atoms with Crippen molar-refractivity contribution in [2.45, 2.75) is 18.7 Å². The molecule has 0 atom stereocenters. The Kier molecular flexibility index (Phi) is 6.96. The number of nitrogens with one attached hydrogen (secondary N) is 1. The Balaban J connectivity index is 1.83. The predicted molar refractivity (Wildman–Crippen MR) is 120 cm³/mol. The molecule has 1 N–H and O–H groups in total. The third-order valence-electron chi connectivity index (χ3n) is 4.47. The maximum atomic E-state index is 12.8. The van der Waals surface area contributed by atoms with Crippen LogP contribution in [0.4, 0.5) is 5.69 Å². The van der Waals surface area contributed by atoms with Gasteiger partial charge in [0, 0.05) is 23.1 Å². The molecule has 156 valence electrons. The van der Waals surface area contributed by atoms with Crippen molar-refractivity contribution in [2.24, 2.45) is 0 Å². The van der Waals surface area contributed by atoms with Gasteiger partial charge in [-0.25, -0.2) is 18.4 Å². The summed E-state index contributed by atoms with van der Waals surface area (Å²) >= 11 is 3.32. The quantitative estimate of drug-likeness (QED) is 0.538. The minimum Gasteiger partial charge on any atom is -0.319 e. The van der Waals surface area contributed by atoms with Crippen molar-refractivity contribution >= 4 is 37.5 Å². The zero-order valence-corrected chi connectivity index (χ0v) is 18.9. The zero-order chi connectivity index (χ0) is 21.7. The van der Waals surface area contributed by atoms with Gasteiger partial charge in [0.15, 0.2) is 5.82 Å². The number of halogens is 1. The van der Waals surface area contributed by atoms with Gasteiger partial charge in [0.2, 0.25) is 10.0 Å². The fourth-order valence-corrected chi connectivity index (χ4v) is 4.79. The molecule has 1 aromatic heterocycles. The molecule has 0 radical (unpaired) electrons. The van der Waals surface area contributed by atoms with Crippen LogP contribution in [0.2, 0.25) is 0 Å². The number of benzene rings is 2. The minimum atomic E-state index is -3.68. The SMILES string of the molecule is CCN(CC)S(=O)(=O)c1ccc(Br)c(C(=O)Nc2cnc(-c3ccccc3)nc2)c1. The van der Waals surface area contributed by atoms with Crippen LogP contribution >= 0.6 is 15.9 Å². The Morgan fingerprint density at radius 2 is 1.67 bits per heavy atom. The maximum absolute atomic E-state index is 12.8. The van der Waals surface area contributed by atoms with Crippen LogP contribution in [0.25, 0.3) is 11.4 Å². The Hall–Kier alpha value is -2.62. The second-order valence-electron chi connectivity index (χ2n) is 6.35. The van der Waals surface area contributed by atoms with Crippen LogP contribution in [0.1, 0.15) is 24.2 Å². The summed E-state index contributed by atoms with van der Waals surface area (Å²) in [5.41, 5.74) is 1.48. The molecule has 9 heteroatoms. The molecule has 30 heavy (non-hydrogen) atoms. The Bertz CT molecular complexity index is 1130. The van der Waals surface area contributed by atoms with Crippen molar-refractivity contribution in [3.63, 3.8) is 0 Å². The second kappa shape index (κ2) is 9.46. The van der Waals surface area contributed by atoms with E-state index in [0.717, 1.165) is 5.56 Å². The van der Waals surface area contributed by atoms with Crippen LogP contribution in [0.3, 0.4) is 0 Å². The number of nitrogens with zero attached hydrogens (tertiary/aromatic N) is 3. The van der Waals surface area contributed by atoms with Gasteiger partial charge in [-0.2, -0.15) is 4.31 Å². The van der Waals surface area contributed by atoms with Gasteiger partial charge in [-0.05, 0) is 34.1 Å². The summed E-state index contributed by atoms with van der Waals surface area (Å²) in [6, 6.07) is 13.9. The smallest absolute Gasteiger partial charge is 0.256 e. The molecule has 0 aliphatic carbocycles. The lowest BCUT2D eigenvalue weighted by atomic mass is 10.2. The van der Waals surface area contributed by atoms with E-state index in [0.29, 0.717) is 29.1 Å². The normalized spacial score (nSPS) is 11.5. The first-order chi connectivity index (χ1) is 14.4. The number of carbonyl (C=O) groups is 1. The highest BCUT2D eigenvalue weighted by molar-refractivity contribution is 9.10. The standard InChI is InChI=1S/C21H21BrN4O3S/c1-3-26(4-2)30(28,29)17-10-11-19(22)18(12-17)21(27)25-16-13-23-20(24-14-16)15-8-6-5-7-9-15/h5-14H,3-4H2,1-2H3,(H,25,27). The largest absolute Gasteiger partial charge is 0.319 e. The molecule has 2 aromatic carbocycles. The summed E-state index contributed by atoms with van der Waals surface area (Å²) in [5.74, 6) is 0.0802. The van der Waals surface area contributed by atoms with Crippen molar-refractivity contribution < 1.29 is 13.2 Å². The zero-order valence-electron chi connectivity index (χ0n) is 16.5. The highest BCUT2D eigenvalue weighted by Gasteiger charge is 2.23. The summed E-state index contributed by atoms with van der Waals surface area (Å²) in [5, 5.41) is 2.71. The van der Waals surface area contributed by atoms with Crippen LogP contribution in [0, 0.1) is 0 Å². The summed E-state index contributed by atoms with van der Waals surface area (Å²) in [6.45, 7) is 4.24. The molecule has 7 nitrogen and oxygen atoms in total. The molecular formula is C21H21BrN4O3S. The molecule has 0 saturated heterocycles. The van der Waals surface area contributed by atoms with Gasteiger partial charge in [-0.1, -0.05) is 44.2 Å². The van der Waals surface area contributed by atoms with Crippen LogP contribution in [0.5, 0.6) is 0 Å². The van der Waals surface area contributed by atoms with Crippen LogP contribution in [0.15, 0.2) is 70.3 Å². The number of hydrogen-bond donors (Lipinski definition) is 1. The average Bonchev–Trinajstić information content (AvgIpc) is 2.75. The van der Waals surface area contributed by atoms with Crippen LogP contribution in [-0.2, 0) is 10.0 Å². The number of sulfonamides is 1. The first-order valence-electron chi connectivity index (χ1n) is 9.35. The summed E-state index contributed by atoms with van der Waals surface area (Å²) in [6.07, 6.45) is 3.02. The third-order valence-corrected chi connectivity index (χ3v) is 7.20. The molecule has 1 amide bonds. The Labute approximate surface area is 184 Å². The first kappa shape index (κ1) is 22.1. The molecule has 0 saturated carbocycles. The molecule has 0 fully saturated rings. The number of carbonyl (C=O) groups excluding carboxylic acids is 1. The molecule has 1 heterocycles. The van der Waals surface area contributed by atoms with E-state index in [1.807, 2.05) is 30.3 Å². The van der Waals surface area contributed by atoms with Gasteiger partial charge in [0.1, 0.15) is 0 Å². The monoisotopic (exact) mass is 488 g/mol. The molecular weight excluding hydrogens is 468 g/mol. The molecule has 0 unspecified atom stereocenters. The molecule has 0 spiro atoms. The van der Waals surface area contributed by atoms with Crippen molar-refractivity contribution in [1.82, 2.24) is 14.3 Å². The fraction of sp³-hybridized carbons (Fsp3) is 0.190. The predicted octanol–water partition coefficient (Wildman–Crippen LogP) is 4.19. The number of aromatic nitrogens is 2. The molecule has 0 bridgehead atoms. The highest BCUT2D eigenvalue weighted by atomic mass is 79.9. The molecule has 3 aromatic rings. The van der Waals surface area contributed by atoms with E-state index in [9.17, 15) is 13.2 Å². The van der Waals surface area contributed by atoms with E-state index in [4.69, 9.17) is 0 Å².